The number of halogens is 3. The number of hydrogen-bond acceptors (Lipinski definition) is 2. The van der Waals surface area contributed by atoms with Crippen molar-refractivity contribution < 1.29 is 4.79 Å². The normalized spacial score (nSPS) is 15.4. The maximum absolute atomic E-state index is 12.0. The van der Waals surface area contributed by atoms with Crippen molar-refractivity contribution in [1.29, 1.82) is 0 Å². The third-order valence-corrected chi connectivity index (χ3v) is 4.18. The van der Waals surface area contributed by atoms with E-state index in [4.69, 9.17) is 34.8 Å². The minimum absolute atomic E-state index is 0.0850. The lowest BCUT2D eigenvalue weighted by Gasteiger charge is -2.27. The number of amides is 1. The lowest BCUT2D eigenvalue weighted by molar-refractivity contribution is -0.130. The number of benzene rings is 1. The molecule has 1 aromatic rings. The van der Waals surface area contributed by atoms with Crippen LogP contribution in [0.5, 0.6) is 0 Å². The van der Waals surface area contributed by atoms with Gasteiger partial charge in [-0.05, 0) is 31.4 Å². The molecule has 0 bridgehead atoms. The molecule has 1 aliphatic rings. The smallest absolute Gasteiger partial charge is 0.241 e. The molecule has 6 heteroatoms. The summed E-state index contributed by atoms with van der Waals surface area (Å²) in [6.07, 6.45) is 3.37. The van der Waals surface area contributed by atoms with E-state index >= 15 is 0 Å². The predicted molar refractivity (Wildman–Crippen MR) is 80.4 cm³/mol. The second kappa shape index (κ2) is 6.69. The molecule has 1 saturated heterocycles. The van der Waals surface area contributed by atoms with Crippen molar-refractivity contribution in [1.82, 2.24) is 4.90 Å². The summed E-state index contributed by atoms with van der Waals surface area (Å²) in [7, 11) is 0. The molecule has 0 spiro atoms. The lowest BCUT2D eigenvalue weighted by Crippen LogP contribution is -2.39. The van der Waals surface area contributed by atoms with Crippen LogP contribution in [0.1, 0.15) is 19.3 Å². The van der Waals surface area contributed by atoms with Crippen LogP contribution in [-0.2, 0) is 4.79 Å². The first-order valence-electron chi connectivity index (χ1n) is 6.24. The van der Waals surface area contributed by atoms with E-state index in [0.717, 1.165) is 25.9 Å². The van der Waals surface area contributed by atoms with Gasteiger partial charge in [-0.3, -0.25) is 4.79 Å². The number of carbonyl (C=O) groups is 1. The quantitative estimate of drug-likeness (QED) is 0.851. The summed E-state index contributed by atoms with van der Waals surface area (Å²) in [5.41, 5.74) is 0.626. The third kappa shape index (κ3) is 3.91. The zero-order valence-corrected chi connectivity index (χ0v) is 12.7. The number of piperidine rings is 1. The van der Waals surface area contributed by atoms with Gasteiger partial charge >= 0.3 is 0 Å². The van der Waals surface area contributed by atoms with Gasteiger partial charge < -0.3 is 10.2 Å². The topological polar surface area (TPSA) is 32.3 Å². The third-order valence-electron chi connectivity index (χ3n) is 3.15. The highest BCUT2D eigenvalue weighted by Gasteiger charge is 2.16. The number of nitrogens with one attached hydrogen (secondary N) is 1. The average Bonchev–Trinajstić information content (AvgIpc) is 2.42. The molecule has 19 heavy (non-hydrogen) atoms. The van der Waals surface area contributed by atoms with Crippen LogP contribution in [-0.4, -0.2) is 30.4 Å². The molecule has 0 radical (unpaired) electrons. The van der Waals surface area contributed by atoms with Crippen LogP contribution in [0.3, 0.4) is 0 Å². The van der Waals surface area contributed by atoms with E-state index < -0.39 is 0 Å². The first-order chi connectivity index (χ1) is 9.08. The van der Waals surface area contributed by atoms with Crippen LogP contribution in [0.2, 0.25) is 15.1 Å². The Morgan fingerprint density at radius 2 is 1.68 bits per heavy atom. The Morgan fingerprint density at radius 1 is 1.05 bits per heavy atom. The monoisotopic (exact) mass is 320 g/mol. The number of likely N-dealkylation sites (tertiary alicyclic amines) is 1. The molecule has 0 aliphatic carbocycles. The van der Waals surface area contributed by atoms with Crippen molar-refractivity contribution in [3.8, 4) is 0 Å². The fourth-order valence-corrected chi connectivity index (χ4v) is 2.70. The Balaban J connectivity index is 1.94. The van der Waals surface area contributed by atoms with Crippen molar-refractivity contribution >= 4 is 46.4 Å². The van der Waals surface area contributed by atoms with Gasteiger partial charge in [-0.2, -0.15) is 0 Å². The molecule has 1 aromatic carbocycles. The maximum atomic E-state index is 12.0. The summed E-state index contributed by atoms with van der Waals surface area (Å²) in [6, 6.07) is 3.20. The SMILES string of the molecule is O=C(CNc1cc(Cl)c(Cl)cc1Cl)N1CCCCC1. The highest BCUT2D eigenvalue weighted by Crippen LogP contribution is 2.32. The molecule has 1 fully saturated rings. The van der Waals surface area contributed by atoms with Crippen LogP contribution in [0, 0.1) is 0 Å². The van der Waals surface area contributed by atoms with Gasteiger partial charge in [-0.25, -0.2) is 0 Å². The van der Waals surface area contributed by atoms with Gasteiger partial charge in [0.25, 0.3) is 0 Å². The molecule has 0 saturated carbocycles. The van der Waals surface area contributed by atoms with Gasteiger partial charge in [0, 0.05) is 13.1 Å². The molecule has 1 amide bonds. The molecular weight excluding hydrogens is 307 g/mol. The minimum Gasteiger partial charge on any atom is -0.375 e. The number of hydrogen-bond donors (Lipinski definition) is 1. The Morgan fingerprint density at radius 3 is 2.37 bits per heavy atom. The summed E-state index contributed by atoms with van der Waals surface area (Å²) in [5, 5.41) is 4.29. The van der Waals surface area contributed by atoms with E-state index in [9.17, 15) is 4.79 Å². The molecular formula is C13H15Cl3N2O. The van der Waals surface area contributed by atoms with Gasteiger partial charge in [0.15, 0.2) is 0 Å². The fourth-order valence-electron chi connectivity index (χ4n) is 2.08. The standard InChI is InChI=1S/C13H15Cl3N2O/c14-9-6-11(16)12(7-10(9)15)17-8-13(19)18-4-2-1-3-5-18/h6-7,17H,1-5,8H2. The summed E-state index contributed by atoms with van der Waals surface area (Å²) >= 11 is 17.8. The van der Waals surface area contributed by atoms with E-state index in [1.807, 2.05) is 4.90 Å². The lowest BCUT2D eigenvalue weighted by atomic mass is 10.1. The van der Waals surface area contributed by atoms with Crippen molar-refractivity contribution in [2.24, 2.45) is 0 Å². The van der Waals surface area contributed by atoms with Crippen LogP contribution in [0.25, 0.3) is 0 Å². The molecule has 0 aromatic heterocycles. The molecule has 0 atom stereocenters. The Kier molecular flexibility index (Phi) is 5.20. The Hall–Kier alpha value is -0.640. The van der Waals surface area contributed by atoms with E-state index in [1.165, 1.54) is 6.42 Å². The zero-order valence-electron chi connectivity index (χ0n) is 10.4. The van der Waals surface area contributed by atoms with Crippen molar-refractivity contribution in [2.45, 2.75) is 19.3 Å². The summed E-state index contributed by atoms with van der Waals surface area (Å²) in [6.45, 7) is 1.91. The maximum Gasteiger partial charge on any atom is 0.241 e. The highest BCUT2D eigenvalue weighted by atomic mass is 35.5. The van der Waals surface area contributed by atoms with Gasteiger partial charge in [0.2, 0.25) is 5.91 Å². The molecule has 1 N–H and O–H groups in total. The van der Waals surface area contributed by atoms with Crippen LogP contribution >= 0.6 is 34.8 Å². The summed E-state index contributed by atoms with van der Waals surface area (Å²) in [5.74, 6) is 0.0850. The number of nitrogens with zero attached hydrogens (tertiary/aromatic N) is 1. The van der Waals surface area contributed by atoms with E-state index in [2.05, 4.69) is 5.32 Å². The van der Waals surface area contributed by atoms with Crippen molar-refractivity contribution in [3.05, 3.63) is 27.2 Å². The van der Waals surface area contributed by atoms with E-state index in [-0.39, 0.29) is 12.5 Å². The number of anilines is 1. The second-order valence-corrected chi connectivity index (χ2v) is 5.76. The van der Waals surface area contributed by atoms with E-state index in [1.54, 1.807) is 12.1 Å². The van der Waals surface area contributed by atoms with Crippen LogP contribution in [0.15, 0.2) is 12.1 Å². The first-order valence-corrected chi connectivity index (χ1v) is 7.37. The zero-order chi connectivity index (χ0) is 13.8. The van der Waals surface area contributed by atoms with Crippen molar-refractivity contribution in [3.63, 3.8) is 0 Å². The van der Waals surface area contributed by atoms with Gasteiger partial charge in [0.1, 0.15) is 0 Å². The molecule has 0 unspecified atom stereocenters. The van der Waals surface area contributed by atoms with E-state index in [0.29, 0.717) is 20.8 Å². The molecule has 1 heterocycles. The number of carbonyl (C=O) groups excluding carboxylic acids is 1. The van der Waals surface area contributed by atoms with Gasteiger partial charge in [0.05, 0.1) is 27.3 Å². The van der Waals surface area contributed by atoms with Gasteiger partial charge in [-0.1, -0.05) is 34.8 Å². The first kappa shape index (κ1) is 14.8. The second-order valence-electron chi connectivity index (χ2n) is 4.54. The van der Waals surface area contributed by atoms with Crippen LogP contribution < -0.4 is 5.32 Å². The molecule has 1 aliphatic heterocycles. The summed E-state index contributed by atoms with van der Waals surface area (Å²) < 4.78 is 0. The molecule has 3 nitrogen and oxygen atoms in total. The highest BCUT2D eigenvalue weighted by molar-refractivity contribution is 6.44. The Bertz CT molecular complexity index is 473. The van der Waals surface area contributed by atoms with Crippen molar-refractivity contribution in [2.75, 3.05) is 25.0 Å². The number of rotatable bonds is 3. The average molecular weight is 322 g/mol. The van der Waals surface area contributed by atoms with Gasteiger partial charge in [-0.15, -0.1) is 0 Å². The largest absolute Gasteiger partial charge is 0.375 e. The molecule has 2 rings (SSSR count). The predicted octanol–water partition coefficient (Wildman–Crippen LogP) is 4.07. The minimum atomic E-state index is 0.0850. The van der Waals surface area contributed by atoms with Crippen LogP contribution in [0.4, 0.5) is 5.69 Å². The Labute approximate surface area is 127 Å². The molecule has 104 valence electrons. The summed E-state index contributed by atoms with van der Waals surface area (Å²) in [4.78, 5) is 13.9. The fraction of sp³-hybridized carbons (Fsp3) is 0.462.